The second-order valence-corrected chi connectivity index (χ2v) is 15.2. The van der Waals surface area contributed by atoms with E-state index in [0.29, 0.717) is 42.8 Å². The van der Waals surface area contributed by atoms with Gasteiger partial charge >= 0.3 is 174 Å². The SMILES string of the molecule is CC(C)(C)OC(=O)OC(=O)OC(C)(C)C.C[Se]CC[C@H](N)C(=O)O.C[Se]CC[C@H](NC(=O)OC(C)(C)C)C(=O)O. The predicted molar refractivity (Wildman–Crippen MR) is 152 cm³/mol. The third kappa shape index (κ3) is 32.2. The van der Waals surface area contributed by atoms with Crippen molar-refractivity contribution in [2.75, 3.05) is 0 Å². The van der Waals surface area contributed by atoms with Gasteiger partial charge in [0.1, 0.15) is 11.2 Å². The molecule has 40 heavy (non-hydrogen) atoms. The monoisotopic (exact) mass is 712 g/mol. The molecule has 0 radical (unpaired) electrons. The second-order valence-electron chi connectivity index (χ2n) is 11.1. The van der Waals surface area contributed by atoms with E-state index in [1.807, 2.05) is 5.82 Å². The summed E-state index contributed by atoms with van der Waals surface area (Å²) in [5, 5.41) is 21.3. The molecule has 0 aliphatic carbocycles. The van der Waals surface area contributed by atoms with Crippen molar-refractivity contribution in [3.63, 3.8) is 0 Å². The number of carboxylic acids is 2. The summed E-state index contributed by atoms with van der Waals surface area (Å²) in [7, 11) is 0. The van der Waals surface area contributed by atoms with Crippen LogP contribution in [0, 0.1) is 0 Å². The molecule has 0 bridgehead atoms. The van der Waals surface area contributed by atoms with E-state index in [0.717, 1.165) is 10.6 Å². The first-order valence-corrected chi connectivity index (χ1v) is 18.1. The molecule has 236 valence electrons. The van der Waals surface area contributed by atoms with Crippen molar-refractivity contribution in [1.82, 2.24) is 5.32 Å². The van der Waals surface area contributed by atoms with E-state index in [1.165, 1.54) is 0 Å². The molecule has 0 aliphatic heterocycles. The Balaban J connectivity index is -0.000000534. The second kappa shape index (κ2) is 20.8. The maximum absolute atomic E-state index is 11.3. The third-order valence-electron chi connectivity index (χ3n) is 3.50. The standard InChI is InChI=1S/C10H19NO4Se.C10H18O5.C5H11NO2Se/c1-10(2,3)15-9(14)11-7(8(12)13)5-6-16-4;1-9(2,3)14-7(11)13-8(12)15-10(4,5)6;1-9-3-2-4(6)5(7)8/h7H,5-6H2,1-4H3,(H,11,14)(H,12,13);1-6H3;4H,2-3,6H2,1H3,(H,7,8)/t7-;;4-/m0.0/s1. The molecule has 0 fully saturated rings. The summed E-state index contributed by atoms with van der Waals surface area (Å²) >= 11 is 0.955. The average molecular weight is 711 g/mol. The van der Waals surface area contributed by atoms with Gasteiger partial charge in [0.2, 0.25) is 0 Å². The number of amides is 1. The van der Waals surface area contributed by atoms with Crippen LogP contribution in [0.15, 0.2) is 0 Å². The van der Waals surface area contributed by atoms with Crippen molar-refractivity contribution >= 4 is 60.3 Å². The van der Waals surface area contributed by atoms with Gasteiger partial charge in [0.15, 0.2) is 0 Å². The van der Waals surface area contributed by atoms with E-state index in [1.54, 1.807) is 62.3 Å². The van der Waals surface area contributed by atoms with Crippen LogP contribution < -0.4 is 11.1 Å². The van der Waals surface area contributed by atoms with Crippen LogP contribution in [0.4, 0.5) is 14.4 Å². The van der Waals surface area contributed by atoms with Gasteiger partial charge in [0, 0.05) is 0 Å². The van der Waals surface area contributed by atoms with Gasteiger partial charge < -0.3 is 14.2 Å². The predicted octanol–water partition coefficient (Wildman–Crippen LogP) is 4.36. The summed E-state index contributed by atoms with van der Waals surface area (Å²) in [5.41, 5.74) is 3.21. The quantitative estimate of drug-likeness (QED) is 0.114. The van der Waals surface area contributed by atoms with E-state index in [2.05, 4.69) is 15.9 Å². The molecule has 0 unspecified atom stereocenters. The number of hydrogen-bond acceptors (Lipinski definition) is 10. The molecule has 0 rings (SSSR count). The van der Waals surface area contributed by atoms with Crippen molar-refractivity contribution in [2.45, 2.75) is 126 Å². The van der Waals surface area contributed by atoms with Crippen molar-refractivity contribution in [2.24, 2.45) is 5.73 Å². The normalized spacial score (nSPS) is 12.6. The molecule has 5 N–H and O–H groups in total. The number of carbonyl (C=O) groups is 5. The van der Waals surface area contributed by atoms with Crippen LogP contribution in [-0.2, 0) is 28.5 Å². The Hall–Kier alpha value is -2.05. The molecule has 0 heterocycles. The zero-order valence-electron chi connectivity index (χ0n) is 25.4. The Kier molecular flexibility index (Phi) is 22.0. The fourth-order valence-corrected chi connectivity index (χ4v) is 3.94. The summed E-state index contributed by atoms with van der Waals surface area (Å²) in [4.78, 5) is 54.3. The van der Waals surface area contributed by atoms with E-state index in [9.17, 15) is 24.0 Å². The molecule has 0 spiro atoms. The number of nitrogens with two attached hydrogens (primary N) is 1. The van der Waals surface area contributed by atoms with Crippen LogP contribution in [0.3, 0.4) is 0 Å². The zero-order chi connectivity index (χ0) is 32.3. The van der Waals surface area contributed by atoms with Crippen molar-refractivity contribution < 1.29 is 53.1 Å². The number of alkyl carbamates (subject to hydrolysis) is 1. The first kappa shape index (κ1) is 42.4. The van der Waals surface area contributed by atoms with E-state index < -0.39 is 59.2 Å². The van der Waals surface area contributed by atoms with Gasteiger partial charge in [-0.1, -0.05) is 0 Å². The van der Waals surface area contributed by atoms with Gasteiger partial charge in [-0.2, -0.15) is 0 Å². The van der Waals surface area contributed by atoms with Crippen LogP contribution in [0.2, 0.25) is 22.3 Å². The Morgan fingerprint density at radius 2 is 1.07 bits per heavy atom. The van der Waals surface area contributed by atoms with Crippen molar-refractivity contribution in [1.29, 1.82) is 0 Å². The van der Waals surface area contributed by atoms with Crippen LogP contribution in [-0.4, -0.2) is 99.4 Å². The van der Waals surface area contributed by atoms with Crippen LogP contribution in [0.1, 0.15) is 75.2 Å². The number of nitrogens with one attached hydrogen (secondary N) is 1. The molecule has 1 amide bonds. The molecule has 2 atom stereocenters. The van der Waals surface area contributed by atoms with E-state index in [-0.39, 0.29) is 0 Å². The molecule has 0 saturated heterocycles. The van der Waals surface area contributed by atoms with Gasteiger partial charge in [-0.3, -0.25) is 0 Å². The van der Waals surface area contributed by atoms with Crippen LogP contribution >= 0.6 is 0 Å². The van der Waals surface area contributed by atoms with E-state index >= 15 is 0 Å². The van der Waals surface area contributed by atoms with Gasteiger partial charge in [-0.05, 0) is 41.5 Å². The summed E-state index contributed by atoms with van der Waals surface area (Å²) in [6.45, 7) is 15.2. The van der Waals surface area contributed by atoms with Gasteiger partial charge in [-0.15, -0.1) is 0 Å². The Labute approximate surface area is 250 Å². The van der Waals surface area contributed by atoms with Gasteiger partial charge in [0.25, 0.3) is 0 Å². The number of aliphatic carboxylic acids is 2. The summed E-state index contributed by atoms with van der Waals surface area (Å²) in [6.07, 6.45) is -1.73. The van der Waals surface area contributed by atoms with Crippen molar-refractivity contribution in [3.8, 4) is 0 Å². The zero-order valence-corrected chi connectivity index (χ0v) is 28.9. The molecule has 13 nitrogen and oxygen atoms in total. The van der Waals surface area contributed by atoms with E-state index in [4.69, 9.17) is 30.2 Å². The average Bonchev–Trinajstić information content (AvgIpc) is 2.71. The summed E-state index contributed by atoms with van der Waals surface area (Å²) in [5.74, 6) is 2.19. The topological polar surface area (TPSA) is 201 Å². The number of hydrogen-bond donors (Lipinski definition) is 4. The number of ether oxygens (including phenoxy) is 4. The number of rotatable bonds is 9. The molecule has 0 aromatic carbocycles. The Morgan fingerprint density at radius 3 is 1.38 bits per heavy atom. The van der Waals surface area contributed by atoms with Gasteiger partial charge in [0.05, 0.1) is 0 Å². The van der Waals surface area contributed by atoms with Crippen LogP contribution in [0.5, 0.6) is 0 Å². The van der Waals surface area contributed by atoms with Crippen LogP contribution in [0.25, 0.3) is 0 Å². The molecular formula is C25H48N2O11Se2. The maximum atomic E-state index is 11.3. The third-order valence-corrected chi connectivity index (χ3v) is 6.20. The summed E-state index contributed by atoms with van der Waals surface area (Å²) in [6, 6.07) is -1.50. The molecule has 0 saturated carbocycles. The Morgan fingerprint density at radius 1 is 0.700 bits per heavy atom. The Bertz CT molecular complexity index is 763. The number of carbonyl (C=O) groups excluding carboxylic acids is 3. The number of carboxylic acid groups (broad SMARTS) is 2. The molecule has 15 heteroatoms. The van der Waals surface area contributed by atoms with Crippen molar-refractivity contribution in [3.05, 3.63) is 0 Å². The van der Waals surface area contributed by atoms with Gasteiger partial charge in [-0.25, -0.2) is 9.59 Å². The molecule has 0 aromatic rings. The first-order valence-electron chi connectivity index (χ1n) is 12.3. The molecule has 0 aromatic heterocycles. The minimum absolute atomic E-state index is 0.406. The minimum atomic E-state index is -1.06. The summed E-state index contributed by atoms with van der Waals surface area (Å²) < 4.78 is 18.8. The first-order chi connectivity index (χ1) is 17.9. The fraction of sp³-hybridized carbons (Fsp3) is 0.800. The molecule has 0 aliphatic rings. The fourth-order valence-electron chi connectivity index (χ4n) is 1.92. The molecular weight excluding hydrogens is 662 g/mol.